The molecule has 0 radical (unpaired) electrons. The van der Waals surface area contributed by atoms with Gasteiger partial charge in [-0.25, -0.2) is 4.79 Å². The van der Waals surface area contributed by atoms with Crippen molar-refractivity contribution in [2.75, 3.05) is 20.0 Å². The summed E-state index contributed by atoms with van der Waals surface area (Å²) in [6.45, 7) is 0.229. The van der Waals surface area contributed by atoms with E-state index in [9.17, 15) is 4.79 Å². The zero-order valence-corrected chi connectivity index (χ0v) is 5.37. The molecule has 0 aliphatic carbocycles. The average molecular weight is 144 g/mol. The molecule has 0 aromatic heterocycles. The molecule has 0 atom stereocenters. The van der Waals surface area contributed by atoms with Gasteiger partial charge in [0.25, 0.3) is 0 Å². The van der Waals surface area contributed by atoms with Crippen LogP contribution in [0.15, 0.2) is 11.6 Å². The predicted molar refractivity (Wildman–Crippen MR) is 32.1 cm³/mol. The summed E-state index contributed by atoms with van der Waals surface area (Å²) < 4.78 is 9.19. The Morgan fingerprint density at radius 1 is 1.80 bits per heavy atom. The van der Waals surface area contributed by atoms with Gasteiger partial charge >= 0.3 is 5.97 Å². The average Bonchev–Trinajstić information content (AvgIpc) is 2.31. The van der Waals surface area contributed by atoms with Gasteiger partial charge in [0.05, 0.1) is 6.61 Å². The third-order valence-corrected chi connectivity index (χ3v) is 1.10. The Labute approximate surface area is 58.1 Å². The van der Waals surface area contributed by atoms with Crippen molar-refractivity contribution in [2.45, 2.75) is 0 Å². The highest BCUT2D eigenvalue weighted by Crippen LogP contribution is 2.05. The minimum atomic E-state index is -0.337. The van der Waals surface area contributed by atoms with Crippen LogP contribution in [0, 0.1) is 0 Å². The maximum atomic E-state index is 10.4. The first-order chi connectivity index (χ1) is 4.83. The molecule has 0 bridgehead atoms. The van der Waals surface area contributed by atoms with E-state index in [2.05, 4.69) is 9.47 Å². The maximum absolute atomic E-state index is 10.4. The van der Waals surface area contributed by atoms with Gasteiger partial charge in [0.2, 0.25) is 0 Å². The smallest absolute Gasteiger partial charge is 0.331 e. The molecule has 0 saturated heterocycles. The van der Waals surface area contributed by atoms with Crippen LogP contribution in [0.5, 0.6) is 0 Å². The van der Waals surface area contributed by atoms with E-state index in [1.54, 1.807) is 0 Å². The first kappa shape index (κ1) is 7.24. The molecule has 0 aromatic rings. The molecule has 0 unspecified atom stereocenters. The summed E-state index contributed by atoms with van der Waals surface area (Å²) in [7, 11) is 0. The van der Waals surface area contributed by atoms with E-state index in [1.807, 2.05) is 0 Å². The first-order valence-electron chi connectivity index (χ1n) is 2.87. The fourth-order valence-electron chi connectivity index (χ4n) is 0.674. The minimum absolute atomic E-state index is 0.266. The molecule has 0 aromatic carbocycles. The Kier molecular flexibility index (Phi) is 2.42. The van der Waals surface area contributed by atoms with Crippen molar-refractivity contribution in [3.05, 3.63) is 11.6 Å². The van der Waals surface area contributed by atoms with Crippen molar-refractivity contribution in [1.82, 2.24) is 0 Å². The zero-order valence-electron chi connectivity index (χ0n) is 5.37. The number of ether oxygens (including phenoxy) is 2. The Bertz CT molecular complexity index is 161. The Morgan fingerprint density at radius 2 is 2.60 bits per heavy atom. The number of rotatable bonds is 3. The molecule has 1 rings (SSSR count). The van der Waals surface area contributed by atoms with E-state index in [4.69, 9.17) is 5.11 Å². The number of aliphatic hydroxyl groups excluding tert-OH is 1. The van der Waals surface area contributed by atoms with Gasteiger partial charge in [-0.05, 0) is 5.57 Å². The number of carbonyl (C=O) groups excluding carboxylic acids is 1. The summed E-state index contributed by atoms with van der Waals surface area (Å²) in [6.07, 6.45) is 1.37. The van der Waals surface area contributed by atoms with E-state index in [0.29, 0.717) is 6.61 Å². The first-order valence-corrected chi connectivity index (χ1v) is 2.87. The number of aliphatic hydroxyl groups is 1. The molecule has 1 heterocycles. The Morgan fingerprint density at radius 3 is 3.10 bits per heavy atom. The number of cyclic esters (lactones) is 1. The van der Waals surface area contributed by atoms with Crippen molar-refractivity contribution in [2.24, 2.45) is 0 Å². The molecule has 10 heavy (non-hydrogen) atoms. The van der Waals surface area contributed by atoms with Gasteiger partial charge in [-0.3, -0.25) is 0 Å². The number of carbonyl (C=O) groups is 1. The normalized spacial score (nSPS) is 16.9. The van der Waals surface area contributed by atoms with Crippen LogP contribution >= 0.6 is 0 Å². The van der Waals surface area contributed by atoms with Crippen LogP contribution in [-0.4, -0.2) is 31.1 Å². The summed E-state index contributed by atoms with van der Waals surface area (Å²) in [5.41, 5.74) is 0.763. The van der Waals surface area contributed by atoms with Gasteiger partial charge in [0.1, 0.15) is 13.4 Å². The lowest BCUT2D eigenvalue weighted by Crippen LogP contribution is -2.00. The van der Waals surface area contributed by atoms with E-state index in [0.717, 1.165) is 5.57 Å². The van der Waals surface area contributed by atoms with Crippen LogP contribution in [0.4, 0.5) is 0 Å². The molecule has 0 amide bonds. The molecule has 1 aliphatic rings. The van der Waals surface area contributed by atoms with E-state index in [-0.39, 0.29) is 19.4 Å². The molecular formula is C6H8O4. The van der Waals surface area contributed by atoms with Crippen LogP contribution in [0.2, 0.25) is 0 Å². The van der Waals surface area contributed by atoms with Gasteiger partial charge in [-0.15, -0.1) is 0 Å². The lowest BCUT2D eigenvalue weighted by molar-refractivity contribution is -0.135. The van der Waals surface area contributed by atoms with E-state index >= 15 is 0 Å². The quantitative estimate of drug-likeness (QED) is 0.426. The molecule has 0 fully saturated rings. The monoisotopic (exact) mass is 144 g/mol. The molecule has 0 spiro atoms. The molecule has 56 valence electrons. The van der Waals surface area contributed by atoms with Gasteiger partial charge in [0.15, 0.2) is 0 Å². The van der Waals surface area contributed by atoms with Gasteiger partial charge in [-0.1, -0.05) is 0 Å². The van der Waals surface area contributed by atoms with Crippen molar-refractivity contribution in [1.29, 1.82) is 0 Å². The largest absolute Gasteiger partial charge is 0.458 e. The SMILES string of the molecule is O=C1C=C(COCO)CO1. The van der Waals surface area contributed by atoms with Crippen molar-refractivity contribution in [3.8, 4) is 0 Å². The summed E-state index contributed by atoms with van der Waals surface area (Å²) in [4.78, 5) is 10.4. The topological polar surface area (TPSA) is 55.8 Å². The Balaban J connectivity index is 2.28. The second-order valence-corrected chi connectivity index (χ2v) is 1.89. The summed E-state index contributed by atoms with van der Waals surface area (Å²) in [5, 5.41) is 8.22. The minimum Gasteiger partial charge on any atom is -0.458 e. The Hall–Kier alpha value is -0.870. The predicted octanol–water partition coefficient (Wildman–Crippen LogP) is -0.564. The number of hydrogen-bond acceptors (Lipinski definition) is 4. The lowest BCUT2D eigenvalue weighted by atomic mass is 10.3. The fourth-order valence-corrected chi connectivity index (χ4v) is 0.674. The van der Waals surface area contributed by atoms with Gasteiger partial charge in [-0.2, -0.15) is 0 Å². The molecular weight excluding hydrogens is 136 g/mol. The van der Waals surface area contributed by atoms with Gasteiger partial charge < -0.3 is 14.6 Å². The van der Waals surface area contributed by atoms with Crippen LogP contribution in [0.3, 0.4) is 0 Å². The van der Waals surface area contributed by atoms with Crippen molar-refractivity contribution < 1.29 is 19.4 Å². The number of hydrogen-bond donors (Lipinski definition) is 1. The fraction of sp³-hybridized carbons (Fsp3) is 0.500. The van der Waals surface area contributed by atoms with Gasteiger partial charge in [0, 0.05) is 6.08 Å². The standard InChI is InChI=1S/C6H8O4/c7-4-9-2-5-1-6(8)10-3-5/h1,7H,2-4H2. The van der Waals surface area contributed by atoms with Crippen LogP contribution in [-0.2, 0) is 14.3 Å². The van der Waals surface area contributed by atoms with Crippen LogP contribution in [0.1, 0.15) is 0 Å². The summed E-state index contributed by atoms with van der Waals surface area (Å²) in [6, 6.07) is 0. The summed E-state index contributed by atoms with van der Waals surface area (Å²) >= 11 is 0. The third kappa shape index (κ3) is 1.82. The second kappa shape index (κ2) is 3.34. The molecule has 4 heteroatoms. The van der Waals surface area contributed by atoms with Crippen LogP contribution in [0.25, 0.3) is 0 Å². The van der Waals surface area contributed by atoms with Crippen molar-refractivity contribution in [3.63, 3.8) is 0 Å². The molecule has 1 aliphatic heterocycles. The zero-order chi connectivity index (χ0) is 7.40. The maximum Gasteiger partial charge on any atom is 0.331 e. The molecule has 0 saturated carbocycles. The highest BCUT2D eigenvalue weighted by molar-refractivity contribution is 5.85. The summed E-state index contributed by atoms with van der Waals surface area (Å²) in [5.74, 6) is -0.337. The van der Waals surface area contributed by atoms with Crippen LogP contribution < -0.4 is 0 Å². The number of esters is 1. The molecule has 1 N–H and O–H groups in total. The third-order valence-electron chi connectivity index (χ3n) is 1.10. The highest BCUT2D eigenvalue weighted by Gasteiger charge is 2.11. The highest BCUT2D eigenvalue weighted by atomic mass is 16.6. The second-order valence-electron chi connectivity index (χ2n) is 1.89. The van der Waals surface area contributed by atoms with E-state index in [1.165, 1.54) is 6.08 Å². The van der Waals surface area contributed by atoms with Crippen molar-refractivity contribution >= 4 is 5.97 Å². The van der Waals surface area contributed by atoms with E-state index < -0.39 is 0 Å². The molecule has 4 nitrogen and oxygen atoms in total. The lowest BCUT2D eigenvalue weighted by Gasteiger charge is -1.97.